The standard InChI is InChI=1S/C24H35NO3/c1-7-8-9-10-18-14-21(26)23(22(15-18)28-24(27)25(5)6)20-13-17(4)11-12-19(20)16(2)3/h13-15,19-20,26H,2,7-12H2,1,3-6H3. The van der Waals surface area contributed by atoms with Gasteiger partial charge in [-0.05, 0) is 63.1 Å². The summed E-state index contributed by atoms with van der Waals surface area (Å²) >= 11 is 0. The molecule has 0 radical (unpaired) electrons. The van der Waals surface area contributed by atoms with Crippen LogP contribution < -0.4 is 4.74 Å². The number of carbonyl (C=O) groups excluding carboxylic acids is 1. The zero-order valence-corrected chi connectivity index (χ0v) is 18.0. The molecular formula is C24H35NO3. The van der Waals surface area contributed by atoms with Crippen molar-refractivity contribution < 1.29 is 14.6 Å². The van der Waals surface area contributed by atoms with Gasteiger partial charge >= 0.3 is 6.09 Å². The Bertz CT molecular complexity index is 748. The molecule has 2 atom stereocenters. The van der Waals surface area contributed by atoms with Crippen LogP contribution in [0.1, 0.15) is 69.9 Å². The van der Waals surface area contributed by atoms with E-state index >= 15 is 0 Å². The van der Waals surface area contributed by atoms with Crippen molar-refractivity contribution in [3.8, 4) is 11.5 Å². The minimum Gasteiger partial charge on any atom is -0.507 e. The molecule has 0 spiro atoms. The molecule has 2 rings (SSSR count). The molecule has 4 heteroatoms. The largest absolute Gasteiger partial charge is 0.507 e. The minimum absolute atomic E-state index is 0.0408. The van der Waals surface area contributed by atoms with Crippen molar-refractivity contribution in [1.29, 1.82) is 0 Å². The molecule has 1 amide bonds. The Labute approximate surface area is 169 Å². The SMILES string of the molecule is C=C(C)C1CCC(C)=CC1c1c(O)cc(CCCCC)cc1OC(=O)N(C)C. The van der Waals surface area contributed by atoms with Gasteiger partial charge in [0.25, 0.3) is 0 Å². The molecule has 0 bridgehead atoms. The Kier molecular flexibility index (Phi) is 7.73. The van der Waals surface area contributed by atoms with E-state index in [4.69, 9.17) is 4.74 Å². The Morgan fingerprint density at radius 2 is 2.04 bits per heavy atom. The van der Waals surface area contributed by atoms with Crippen LogP contribution in [0.5, 0.6) is 11.5 Å². The van der Waals surface area contributed by atoms with Crippen molar-refractivity contribution in [3.63, 3.8) is 0 Å². The summed E-state index contributed by atoms with van der Waals surface area (Å²) in [5, 5.41) is 11.0. The molecule has 0 fully saturated rings. The number of rotatable bonds is 7. The molecular weight excluding hydrogens is 350 g/mol. The number of ether oxygens (including phenoxy) is 1. The van der Waals surface area contributed by atoms with Crippen molar-refractivity contribution in [2.75, 3.05) is 14.1 Å². The lowest BCUT2D eigenvalue weighted by Gasteiger charge is -2.32. The maximum absolute atomic E-state index is 12.3. The maximum atomic E-state index is 12.3. The van der Waals surface area contributed by atoms with Gasteiger partial charge in [0.15, 0.2) is 0 Å². The summed E-state index contributed by atoms with van der Waals surface area (Å²) in [6.07, 6.45) is 7.95. The van der Waals surface area contributed by atoms with Gasteiger partial charge < -0.3 is 14.7 Å². The van der Waals surface area contributed by atoms with Crippen LogP contribution in [-0.2, 0) is 6.42 Å². The van der Waals surface area contributed by atoms with Gasteiger partial charge in [0.05, 0.1) is 0 Å². The first-order valence-electron chi connectivity index (χ1n) is 10.3. The third-order valence-electron chi connectivity index (χ3n) is 5.52. The highest BCUT2D eigenvalue weighted by molar-refractivity contribution is 5.71. The van der Waals surface area contributed by atoms with E-state index < -0.39 is 6.09 Å². The second-order valence-electron chi connectivity index (χ2n) is 8.28. The van der Waals surface area contributed by atoms with Crippen molar-refractivity contribution in [2.45, 2.75) is 65.2 Å². The second kappa shape index (κ2) is 9.81. The van der Waals surface area contributed by atoms with E-state index in [0.717, 1.165) is 49.7 Å². The van der Waals surface area contributed by atoms with Crippen LogP contribution >= 0.6 is 0 Å². The van der Waals surface area contributed by atoms with E-state index in [1.165, 1.54) is 10.5 Å². The molecule has 1 aliphatic rings. The molecule has 1 N–H and O–H groups in total. The lowest BCUT2D eigenvalue weighted by molar-refractivity contribution is 0.171. The van der Waals surface area contributed by atoms with Gasteiger partial charge in [0, 0.05) is 25.6 Å². The number of hydrogen-bond acceptors (Lipinski definition) is 3. The van der Waals surface area contributed by atoms with Crippen molar-refractivity contribution in [3.05, 3.63) is 47.1 Å². The zero-order chi connectivity index (χ0) is 20.8. The molecule has 1 aromatic carbocycles. The number of allylic oxidation sites excluding steroid dienone is 3. The van der Waals surface area contributed by atoms with E-state index in [9.17, 15) is 9.90 Å². The van der Waals surface area contributed by atoms with Gasteiger partial charge in [-0.25, -0.2) is 4.79 Å². The van der Waals surface area contributed by atoms with Crippen LogP contribution in [0, 0.1) is 5.92 Å². The number of hydrogen-bond donors (Lipinski definition) is 1. The fraction of sp³-hybridized carbons (Fsp3) is 0.542. The van der Waals surface area contributed by atoms with Gasteiger partial charge in [0.1, 0.15) is 11.5 Å². The number of nitrogens with zero attached hydrogens (tertiary/aromatic N) is 1. The van der Waals surface area contributed by atoms with Crippen LogP contribution in [0.15, 0.2) is 35.9 Å². The molecule has 4 nitrogen and oxygen atoms in total. The summed E-state index contributed by atoms with van der Waals surface area (Å²) in [6, 6.07) is 3.77. The highest BCUT2D eigenvalue weighted by Gasteiger charge is 2.31. The van der Waals surface area contributed by atoms with Gasteiger partial charge in [-0.3, -0.25) is 0 Å². The van der Waals surface area contributed by atoms with Crippen LogP contribution in [0.25, 0.3) is 0 Å². The average Bonchev–Trinajstić information content (AvgIpc) is 2.61. The quantitative estimate of drug-likeness (QED) is 0.449. The highest BCUT2D eigenvalue weighted by atomic mass is 16.6. The predicted octanol–water partition coefficient (Wildman–Crippen LogP) is 6.20. The fourth-order valence-corrected chi connectivity index (χ4v) is 3.90. The summed E-state index contributed by atoms with van der Waals surface area (Å²) in [4.78, 5) is 13.7. The summed E-state index contributed by atoms with van der Waals surface area (Å²) in [5.41, 5.74) is 4.07. The Morgan fingerprint density at radius 1 is 1.32 bits per heavy atom. The van der Waals surface area contributed by atoms with Gasteiger partial charge in [-0.2, -0.15) is 0 Å². The molecule has 0 saturated carbocycles. The Morgan fingerprint density at radius 3 is 2.64 bits per heavy atom. The topological polar surface area (TPSA) is 49.8 Å². The maximum Gasteiger partial charge on any atom is 0.414 e. The number of aryl methyl sites for hydroxylation is 1. The number of aromatic hydroxyl groups is 1. The van der Waals surface area contributed by atoms with Crippen LogP contribution in [0.4, 0.5) is 4.79 Å². The third-order valence-corrected chi connectivity index (χ3v) is 5.52. The summed E-state index contributed by atoms with van der Waals surface area (Å²) in [6.45, 7) is 10.5. The first-order valence-corrected chi connectivity index (χ1v) is 10.3. The molecule has 28 heavy (non-hydrogen) atoms. The molecule has 0 saturated heterocycles. The molecule has 0 aromatic heterocycles. The van der Waals surface area contributed by atoms with E-state index in [2.05, 4.69) is 26.5 Å². The highest BCUT2D eigenvalue weighted by Crippen LogP contribution is 2.47. The molecule has 2 unspecified atom stereocenters. The molecule has 0 heterocycles. The average molecular weight is 386 g/mol. The summed E-state index contributed by atoms with van der Waals surface area (Å²) in [5.74, 6) is 0.850. The summed E-state index contributed by atoms with van der Waals surface area (Å²) in [7, 11) is 3.32. The Hall–Kier alpha value is -2.23. The lowest BCUT2D eigenvalue weighted by Crippen LogP contribution is -2.26. The monoisotopic (exact) mass is 385 g/mol. The van der Waals surface area contributed by atoms with Crippen LogP contribution in [-0.4, -0.2) is 30.2 Å². The first kappa shape index (κ1) is 22.1. The number of unbranched alkanes of at least 4 members (excludes halogenated alkanes) is 2. The first-order chi connectivity index (χ1) is 13.2. The molecule has 1 aliphatic carbocycles. The smallest absolute Gasteiger partial charge is 0.414 e. The van der Waals surface area contributed by atoms with E-state index in [1.54, 1.807) is 14.1 Å². The van der Waals surface area contributed by atoms with Crippen molar-refractivity contribution in [2.24, 2.45) is 5.92 Å². The van der Waals surface area contributed by atoms with Crippen LogP contribution in [0.3, 0.4) is 0 Å². The van der Waals surface area contributed by atoms with E-state index in [1.807, 2.05) is 19.1 Å². The van der Waals surface area contributed by atoms with E-state index in [-0.39, 0.29) is 17.6 Å². The van der Waals surface area contributed by atoms with Crippen molar-refractivity contribution in [1.82, 2.24) is 4.90 Å². The molecule has 154 valence electrons. The fourth-order valence-electron chi connectivity index (χ4n) is 3.90. The molecule has 1 aromatic rings. The molecule has 0 aliphatic heterocycles. The third kappa shape index (κ3) is 5.40. The van der Waals surface area contributed by atoms with E-state index in [0.29, 0.717) is 11.3 Å². The number of phenolic OH excluding ortho intramolecular Hbond substituents is 1. The normalized spacial score (nSPS) is 19.1. The number of benzene rings is 1. The minimum atomic E-state index is -0.435. The lowest BCUT2D eigenvalue weighted by atomic mass is 9.73. The van der Waals surface area contributed by atoms with Crippen LogP contribution in [0.2, 0.25) is 0 Å². The Balaban J connectivity index is 2.51. The number of phenols is 1. The predicted molar refractivity (Wildman–Crippen MR) is 115 cm³/mol. The van der Waals surface area contributed by atoms with Crippen molar-refractivity contribution >= 4 is 6.09 Å². The van der Waals surface area contributed by atoms with Gasteiger partial charge in [-0.1, -0.05) is 43.6 Å². The number of amides is 1. The van der Waals surface area contributed by atoms with Gasteiger partial charge in [0.2, 0.25) is 0 Å². The summed E-state index contributed by atoms with van der Waals surface area (Å²) < 4.78 is 5.72. The zero-order valence-electron chi connectivity index (χ0n) is 18.0. The van der Waals surface area contributed by atoms with Gasteiger partial charge in [-0.15, -0.1) is 0 Å². The second-order valence-corrected chi connectivity index (χ2v) is 8.28. The number of carbonyl (C=O) groups is 1.